The van der Waals surface area contributed by atoms with Crippen molar-refractivity contribution in [1.82, 2.24) is 18.8 Å². The summed E-state index contributed by atoms with van der Waals surface area (Å²) in [5.74, 6) is -0.312. The smallest absolute Gasteiger partial charge is 0.343 e. The molecule has 10 heteroatoms. The van der Waals surface area contributed by atoms with Gasteiger partial charge in [-0.2, -0.15) is 3.97 Å². The fourth-order valence-corrected chi connectivity index (χ4v) is 6.44. The van der Waals surface area contributed by atoms with Crippen LogP contribution in [0.1, 0.15) is 18.4 Å². The molecule has 0 unspecified atom stereocenters. The topological polar surface area (TPSA) is 93.4 Å². The van der Waals surface area contributed by atoms with E-state index >= 15 is 0 Å². The van der Waals surface area contributed by atoms with Gasteiger partial charge in [0.05, 0.1) is 15.9 Å². The van der Waals surface area contributed by atoms with Gasteiger partial charge in [-0.05, 0) is 54.8 Å². The molecule has 5 rings (SSSR count). The van der Waals surface area contributed by atoms with Gasteiger partial charge in [0.15, 0.2) is 0 Å². The molecule has 8 nitrogen and oxygen atoms in total. The number of para-hydroxylation sites is 2. The first-order chi connectivity index (χ1) is 17.8. The largest absolute Gasteiger partial charge is 0.352 e. The lowest BCUT2D eigenvalue weighted by Gasteiger charge is -2.32. The SMILES string of the molecule is O=C(Cn1c(=O)n(S(=O)(=O)c2ccc(Br)cc2)c2ccccc21)NC1CCN(Cc2ccccc2)CC1. The minimum Gasteiger partial charge on any atom is -0.352 e. The van der Waals surface area contributed by atoms with E-state index in [9.17, 15) is 18.0 Å². The van der Waals surface area contributed by atoms with Crippen LogP contribution in [-0.2, 0) is 27.9 Å². The Kier molecular flexibility index (Phi) is 7.32. The number of nitrogens with one attached hydrogen (secondary N) is 1. The normalized spacial score (nSPS) is 15.2. The highest BCUT2D eigenvalue weighted by Gasteiger charge is 2.27. The van der Waals surface area contributed by atoms with E-state index in [1.165, 1.54) is 22.3 Å². The van der Waals surface area contributed by atoms with Crippen molar-refractivity contribution in [3.05, 3.63) is 99.4 Å². The van der Waals surface area contributed by atoms with Gasteiger partial charge in [-0.15, -0.1) is 0 Å². The average molecular weight is 584 g/mol. The minimum atomic E-state index is -4.16. The molecule has 3 aromatic carbocycles. The maximum Gasteiger partial charge on any atom is 0.343 e. The van der Waals surface area contributed by atoms with Gasteiger partial charge in [0.1, 0.15) is 6.54 Å². The number of benzene rings is 3. The van der Waals surface area contributed by atoms with E-state index in [0.29, 0.717) is 5.52 Å². The van der Waals surface area contributed by atoms with Crippen molar-refractivity contribution in [2.24, 2.45) is 0 Å². The summed E-state index contributed by atoms with van der Waals surface area (Å²) in [4.78, 5) is 28.7. The molecule has 1 saturated heterocycles. The molecule has 37 heavy (non-hydrogen) atoms. The van der Waals surface area contributed by atoms with E-state index in [1.807, 2.05) is 18.2 Å². The number of likely N-dealkylation sites (tertiary alicyclic amines) is 1. The molecular weight excluding hydrogens is 556 g/mol. The molecule has 1 amide bonds. The molecule has 0 aliphatic carbocycles. The number of carbonyl (C=O) groups excluding carboxylic acids is 1. The zero-order chi connectivity index (χ0) is 26.0. The van der Waals surface area contributed by atoms with Crippen LogP contribution < -0.4 is 11.0 Å². The van der Waals surface area contributed by atoms with Crippen LogP contribution in [0.4, 0.5) is 0 Å². The Hall–Kier alpha value is -3.21. The fourth-order valence-electron chi connectivity index (χ4n) is 4.77. The van der Waals surface area contributed by atoms with Crippen molar-refractivity contribution in [2.45, 2.75) is 36.9 Å². The second kappa shape index (κ2) is 10.6. The van der Waals surface area contributed by atoms with E-state index in [2.05, 4.69) is 38.3 Å². The maximum absolute atomic E-state index is 13.4. The van der Waals surface area contributed by atoms with Crippen molar-refractivity contribution in [1.29, 1.82) is 0 Å². The molecule has 1 fully saturated rings. The van der Waals surface area contributed by atoms with Crippen LogP contribution in [-0.4, -0.2) is 46.9 Å². The number of rotatable bonds is 7. The highest BCUT2D eigenvalue weighted by atomic mass is 79.9. The summed E-state index contributed by atoms with van der Waals surface area (Å²) < 4.78 is 29.5. The summed E-state index contributed by atoms with van der Waals surface area (Å²) in [6, 6.07) is 23.0. The molecule has 1 aromatic heterocycles. The predicted molar refractivity (Wildman–Crippen MR) is 146 cm³/mol. The Morgan fingerprint density at radius 2 is 1.51 bits per heavy atom. The van der Waals surface area contributed by atoms with E-state index < -0.39 is 15.7 Å². The summed E-state index contributed by atoms with van der Waals surface area (Å²) in [5, 5.41) is 3.04. The van der Waals surface area contributed by atoms with Crippen molar-refractivity contribution in [3.8, 4) is 0 Å². The lowest BCUT2D eigenvalue weighted by Crippen LogP contribution is -2.45. The lowest BCUT2D eigenvalue weighted by molar-refractivity contribution is -0.122. The molecule has 1 aliphatic heterocycles. The van der Waals surface area contributed by atoms with Crippen LogP contribution in [0.2, 0.25) is 0 Å². The van der Waals surface area contributed by atoms with Crippen LogP contribution >= 0.6 is 15.9 Å². The van der Waals surface area contributed by atoms with Crippen molar-refractivity contribution in [2.75, 3.05) is 13.1 Å². The Morgan fingerprint density at radius 3 is 2.19 bits per heavy atom. The van der Waals surface area contributed by atoms with Gasteiger partial charge in [0, 0.05) is 30.1 Å². The second-order valence-corrected chi connectivity index (χ2v) is 11.9. The van der Waals surface area contributed by atoms with Crippen LogP contribution in [0.25, 0.3) is 11.0 Å². The number of hydrogen-bond acceptors (Lipinski definition) is 5. The standard InChI is InChI=1S/C27H27BrN4O4S/c28-21-10-12-23(13-11-21)37(35,36)32-25-9-5-4-8-24(25)31(27(32)34)19-26(33)29-22-14-16-30(17-15-22)18-20-6-2-1-3-7-20/h1-13,22H,14-19H2,(H,29,33). The molecule has 0 radical (unpaired) electrons. The van der Waals surface area contributed by atoms with Gasteiger partial charge >= 0.3 is 5.69 Å². The average Bonchev–Trinajstić information content (AvgIpc) is 3.17. The van der Waals surface area contributed by atoms with Crippen LogP contribution in [0.3, 0.4) is 0 Å². The predicted octanol–water partition coefficient (Wildman–Crippen LogP) is 3.58. The van der Waals surface area contributed by atoms with Gasteiger partial charge in [-0.3, -0.25) is 14.3 Å². The molecule has 0 atom stereocenters. The summed E-state index contributed by atoms with van der Waals surface area (Å²) in [6.45, 7) is 2.35. The highest BCUT2D eigenvalue weighted by molar-refractivity contribution is 9.10. The van der Waals surface area contributed by atoms with Gasteiger partial charge in [-0.1, -0.05) is 58.4 Å². The van der Waals surface area contributed by atoms with Crippen LogP contribution in [0.5, 0.6) is 0 Å². The van der Waals surface area contributed by atoms with Crippen LogP contribution in [0, 0.1) is 0 Å². The van der Waals surface area contributed by atoms with E-state index in [1.54, 1.807) is 36.4 Å². The number of piperidine rings is 1. The van der Waals surface area contributed by atoms with Gasteiger partial charge in [0.2, 0.25) is 5.91 Å². The zero-order valence-corrected chi connectivity index (χ0v) is 22.5. The first-order valence-electron chi connectivity index (χ1n) is 12.1. The molecule has 0 spiro atoms. The van der Waals surface area contributed by atoms with Crippen molar-refractivity contribution in [3.63, 3.8) is 0 Å². The molecule has 0 bridgehead atoms. The van der Waals surface area contributed by atoms with Crippen molar-refractivity contribution >= 4 is 42.9 Å². The lowest BCUT2D eigenvalue weighted by atomic mass is 10.0. The molecule has 1 N–H and O–H groups in total. The number of imidazole rings is 1. The summed E-state index contributed by atoms with van der Waals surface area (Å²) in [5.41, 5.74) is 1.12. The molecule has 192 valence electrons. The molecular formula is C27H27BrN4O4S. The third-order valence-electron chi connectivity index (χ3n) is 6.65. The molecule has 2 heterocycles. The van der Waals surface area contributed by atoms with E-state index in [-0.39, 0.29) is 28.9 Å². The monoisotopic (exact) mass is 582 g/mol. The number of aromatic nitrogens is 2. The first-order valence-corrected chi connectivity index (χ1v) is 14.3. The molecule has 4 aromatic rings. The van der Waals surface area contributed by atoms with Crippen LogP contribution in [0.15, 0.2) is 93.0 Å². The third kappa shape index (κ3) is 5.41. The Morgan fingerprint density at radius 1 is 0.892 bits per heavy atom. The van der Waals surface area contributed by atoms with E-state index in [4.69, 9.17) is 0 Å². The molecule has 1 aliphatic rings. The summed E-state index contributed by atoms with van der Waals surface area (Å²) in [6.07, 6.45) is 1.63. The quantitative estimate of drug-likeness (QED) is 0.359. The Bertz CT molecular complexity index is 1570. The van der Waals surface area contributed by atoms with Gasteiger partial charge < -0.3 is 5.32 Å². The van der Waals surface area contributed by atoms with E-state index in [0.717, 1.165) is 40.9 Å². The maximum atomic E-state index is 13.4. The summed E-state index contributed by atoms with van der Waals surface area (Å²) in [7, 11) is -4.16. The Balaban J connectivity index is 1.31. The minimum absolute atomic E-state index is 0.00702. The number of fused-ring (bicyclic) bond motifs is 1. The highest BCUT2D eigenvalue weighted by Crippen LogP contribution is 2.21. The number of hydrogen-bond donors (Lipinski definition) is 1. The number of amides is 1. The van der Waals surface area contributed by atoms with Gasteiger partial charge in [-0.25, -0.2) is 13.2 Å². The number of carbonyl (C=O) groups is 1. The molecule has 0 saturated carbocycles. The fraction of sp³-hybridized carbons (Fsp3) is 0.259. The first kappa shape index (κ1) is 25.4. The van der Waals surface area contributed by atoms with Gasteiger partial charge in [0.25, 0.3) is 10.0 Å². The third-order valence-corrected chi connectivity index (χ3v) is 8.88. The van der Waals surface area contributed by atoms with Crippen molar-refractivity contribution < 1.29 is 13.2 Å². The number of halogens is 1. The Labute approximate surface area is 223 Å². The summed E-state index contributed by atoms with van der Waals surface area (Å²) >= 11 is 3.30. The number of nitrogens with zero attached hydrogens (tertiary/aromatic N) is 3. The second-order valence-electron chi connectivity index (χ2n) is 9.18. The zero-order valence-electron chi connectivity index (χ0n) is 20.1.